The van der Waals surface area contributed by atoms with E-state index in [0.717, 1.165) is 11.8 Å². The first-order chi connectivity index (χ1) is 12.0. The van der Waals surface area contributed by atoms with E-state index in [4.69, 9.17) is 0 Å². The molecule has 2 aromatic rings. The fraction of sp³-hybridized carbons (Fsp3) is 0.300. The van der Waals surface area contributed by atoms with Gasteiger partial charge in [0.15, 0.2) is 0 Å². The summed E-state index contributed by atoms with van der Waals surface area (Å²) < 4.78 is 40.8. The molecule has 0 bridgehead atoms. The predicted molar refractivity (Wildman–Crippen MR) is 110 cm³/mol. The van der Waals surface area contributed by atoms with Gasteiger partial charge in [-0.05, 0) is 79.1 Å². The molecule has 2 rings (SSSR count). The van der Waals surface area contributed by atoms with Crippen molar-refractivity contribution in [1.29, 1.82) is 0 Å². The molecule has 0 heterocycles. The van der Waals surface area contributed by atoms with Crippen LogP contribution in [0.15, 0.2) is 51.9 Å². The van der Waals surface area contributed by atoms with Gasteiger partial charge in [0.1, 0.15) is 0 Å². The Labute approximate surface area is 168 Å². The molecule has 140 valence electrons. The first-order valence-electron chi connectivity index (χ1n) is 8.05. The zero-order valence-corrected chi connectivity index (χ0v) is 17.9. The molecule has 0 aliphatic carbocycles. The van der Waals surface area contributed by atoms with E-state index < -0.39 is 11.7 Å². The third-order valence-electron chi connectivity index (χ3n) is 3.93. The van der Waals surface area contributed by atoms with Crippen LogP contribution in [0.2, 0.25) is 0 Å². The van der Waals surface area contributed by atoms with Gasteiger partial charge in [0.05, 0.1) is 8.96 Å². The average molecular weight is 491 g/mol. The Morgan fingerprint density at radius 3 is 2.04 bits per heavy atom. The molecule has 2 aromatic carbocycles. The summed E-state index contributed by atoms with van der Waals surface area (Å²) in [7, 11) is 0. The standard InChI is InChI=1S/C20H20Br2F3N/c1-19(2,3)14-6-9-15(10-7-14)26-16-8-4-13(5-11-18(21)22)17(12-16)20(23,24)25/h4,6-12,26H,5H2,1-3H3. The largest absolute Gasteiger partial charge is 0.416 e. The molecule has 0 saturated heterocycles. The third-order valence-corrected chi connectivity index (χ3v) is 4.58. The van der Waals surface area contributed by atoms with Gasteiger partial charge in [-0.15, -0.1) is 0 Å². The zero-order chi connectivity index (χ0) is 19.5. The van der Waals surface area contributed by atoms with Crippen molar-refractivity contribution >= 4 is 43.2 Å². The van der Waals surface area contributed by atoms with Crippen LogP contribution in [0.25, 0.3) is 0 Å². The lowest BCUT2D eigenvalue weighted by atomic mass is 9.87. The van der Waals surface area contributed by atoms with Crippen molar-refractivity contribution in [2.45, 2.75) is 38.8 Å². The number of allylic oxidation sites excluding steroid dienone is 1. The minimum absolute atomic E-state index is 0.0286. The summed E-state index contributed by atoms with van der Waals surface area (Å²) >= 11 is 6.34. The van der Waals surface area contributed by atoms with Crippen LogP contribution in [0.3, 0.4) is 0 Å². The maximum Gasteiger partial charge on any atom is 0.416 e. The molecule has 0 aromatic heterocycles. The fourth-order valence-electron chi connectivity index (χ4n) is 2.50. The molecule has 6 heteroatoms. The van der Waals surface area contributed by atoms with Crippen molar-refractivity contribution in [1.82, 2.24) is 0 Å². The van der Waals surface area contributed by atoms with E-state index in [9.17, 15) is 13.2 Å². The Morgan fingerprint density at radius 2 is 1.54 bits per heavy atom. The highest BCUT2D eigenvalue weighted by molar-refractivity contribution is 9.28. The van der Waals surface area contributed by atoms with E-state index in [1.54, 1.807) is 12.1 Å². The summed E-state index contributed by atoms with van der Waals surface area (Å²) in [5.41, 5.74) is 1.95. The Bertz CT molecular complexity index is 784. The van der Waals surface area contributed by atoms with Crippen molar-refractivity contribution in [2.75, 3.05) is 5.32 Å². The number of halogens is 5. The smallest absolute Gasteiger partial charge is 0.356 e. The fourth-order valence-corrected chi connectivity index (χ4v) is 2.83. The number of anilines is 2. The summed E-state index contributed by atoms with van der Waals surface area (Å²) in [4.78, 5) is 0. The van der Waals surface area contributed by atoms with Crippen LogP contribution in [0.4, 0.5) is 24.5 Å². The van der Waals surface area contributed by atoms with Gasteiger partial charge in [-0.25, -0.2) is 0 Å². The lowest BCUT2D eigenvalue weighted by Crippen LogP contribution is -2.11. The summed E-state index contributed by atoms with van der Waals surface area (Å²) in [6.07, 6.45) is -2.58. The van der Waals surface area contributed by atoms with Gasteiger partial charge in [0.25, 0.3) is 0 Å². The van der Waals surface area contributed by atoms with Gasteiger partial charge in [-0.1, -0.05) is 45.0 Å². The lowest BCUT2D eigenvalue weighted by molar-refractivity contribution is -0.138. The van der Waals surface area contributed by atoms with Crippen LogP contribution in [0, 0.1) is 0 Å². The van der Waals surface area contributed by atoms with Crippen LogP contribution >= 0.6 is 31.9 Å². The van der Waals surface area contributed by atoms with Crippen molar-refractivity contribution in [3.63, 3.8) is 0 Å². The maximum absolute atomic E-state index is 13.4. The van der Waals surface area contributed by atoms with Crippen LogP contribution in [0.1, 0.15) is 37.5 Å². The molecular formula is C20H20Br2F3N. The van der Waals surface area contributed by atoms with Gasteiger partial charge in [0.2, 0.25) is 0 Å². The number of alkyl halides is 3. The van der Waals surface area contributed by atoms with Crippen molar-refractivity contribution in [3.05, 3.63) is 68.6 Å². The highest BCUT2D eigenvalue weighted by atomic mass is 79.9. The first-order valence-corrected chi connectivity index (χ1v) is 9.64. The quantitative estimate of drug-likeness (QED) is 0.458. The molecule has 0 atom stereocenters. The zero-order valence-electron chi connectivity index (χ0n) is 14.7. The Kier molecular flexibility index (Phi) is 6.61. The SMILES string of the molecule is CC(C)(C)c1ccc(Nc2ccc(CC=C(Br)Br)c(C(F)(F)F)c2)cc1. The van der Waals surface area contributed by atoms with E-state index in [-0.39, 0.29) is 17.4 Å². The molecule has 0 fully saturated rings. The van der Waals surface area contributed by atoms with E-state index >= 15 is 0 Å². The molecule has 0 spiro atoms. The molecule has 26 heavy (non-hydrogen) atoms. The van der Waals surface area contributed by atoms with E-state index in [2.05, 4.69) is 57.9 Å². The third kappa shape index (κ3) is 5.88. The van der Waals surface area contributed by atoms with Crippen LogP contribution in [-0.4, -0.2) is 0 Å². The maximum atomic E-state index is 13.4. The van der Waals surface area contributed by atoms with Crippen LogP contribution in [0.5, 0.6) is 0 Å². The molecule has 0 amide bonds. The minimum atomic E-state index is -4.41. The van der Waals surface area contributed by atoms with Crippen LogP contribution < -0.4 is 5.32 Å². The van der Waals surface area contributed by atoms with Gasteiger partial charge in [0, 0.05) is 11.4 Å². The number of benzene rings is 2. The number of nitrogens with one attached hydrogen (secondary N) is 1. The topological polar surface area (TPSA) is 12.0 Å². The van der Waals surface area contributed by atoms with E-state index in [0.29, 0.717) is 9.08 Å². The number of rotatable bonds is 4. The molecule has 0 aliphatic heterocycles. The van der Waals surface area contributed by atoms with Gasteiger partial charge in [-0.2, -0.15) is 13.2 Å². The molecule has 1 nitrogen and oxygen atoms in total. The summed E-state index contributed by atoms with van der Waals surface area (Å²) in [6.45, 7) is 6.34. The molecular weight excluding hydrogens is 471 g/mol. The molecule has 0 radical (unpaired) electrons. The highest BCUT2D eigenvalue weighted by Gasteiger charge is 2.33. The molecule has 0 saturated carbocycles. The Morgan fingerprint density at radius 1 is 0.962 bits per heavy atom. The number of hydrogen-bond acceptors (Lipinski definition) is 1. The van der Waals surface area contributed by atoms with Gasteiger partial charge >= 0.3 is 6.18 Å². The second-order valence-corrected chi connectivity index (χ2v) is 9.79. The summed E-state index contributed by atoms with van der Waals surface area (Å²) in [6, 6.07) is 12.1. The summed E-state index contributed by atoms with van der Waals surface area (Å²) in [5.74, 6) is 0. The molecule has 0 aliphatic rings. The van der Waals surface area contributed by atoms with Gasteiger partial charge < -0.3 is 5.32 Å². The monoisotopic (exact) mass is 489 g/mol. The second-order valence-electron chi connectivity index (χ2n) is 7.02. The van der Waals surface area contributed by atoms with E-state index in [1.807, 2.05) is 24.3 Å². The summed E-state index contributed by atoms with van der Waals surface area (Å²) in [5, 5.41) is 3.05. The minimum Gasteiger partial charge on any atom is -0.356 e. The first kappa shape index (κ1) is 21.0. The predicted octanol–water partition coefficient (Wildman–Crippen LogP) is 7.92. The molecule has 0 unspecified atom stereocenters. The molecule has 1 N–H and O–H groups in total. The highest BCUT2D eigenvalue weighted by Crippen LogP contribution is 2.35. The van der Waals surface area contributed by atoms with Crippen LogP contribution in [-0.2, 0) is 18.0 Å². The van der Waals surface area contributed by atoms with E-state index in [1.165, 1.54) is 11.6 Å². The lowest BCUT2D eigenvalue weighted by Gasteiger charge is -2.19. The normalized spacial score (nSPS) is 12.0. The van der Waals surface area contributed by atoms with Gasteiger partial charge in [-0.3, -0.25) is 0 Å². The Hall–Kier alpha value is -1.27. The average Bonchev–Trinajstić information content (AvgIpc) is 2.52. The van der Waals surface area contributed by atoms with Crippen molar-refractivity contribution in [2.24, 2.45) is 0 Å². The van der Waals surface area contributed by atoms with Crippen molar-refractivity contribution in [3.8, 4) is 0 Å². The second kappa shape index (κ2) is 8.17. The Balaban J connectivity index is 2.29. The van der Waals surface area contributed by atoms with Crippen molar-refractivity contribution < 1.29 is 13.2 Å². The number of hydrogen-bond donors (Lipinski definition) is 1.